The van der Waals surface area contributed by atoms with E-state index in [0.29, 0.717) is 5.69 Å². The monoisotopic (exact) mass is 344 g/mol. The van der Waals surface area contributed by atoms with Crippen LogP contribution < -0.4 is 4.72 Å². The summed E-state index contributed by atoms with van der Waals surface area (Å²) in [7, 11) is -3.83. The first-order valence-corrected chi connectivity index (χ1v) is 7.57. The first kappa shape index (κ1) is 14.0. The van der Waals surface area contributed by atoms with Crippen LogP contribution in [-0.4, -0.2) is 13.4 Å². The maximum atomic E-state index is 13.0. The third-order valence-corrected chi connectivity index (χ3v) is 4.56. The molecule has 0 fully saturated rings. The molecule has 1 aromatic carbocycles. The van der Waals surface area contributed by atoms with Crippen molar-refractivity contribution in [1.82, 2.24) is 4.98 Å². The van der Waals surface area contributed by atoms with Crippen molar-refractivity contribution in [2.45, 2.75) is 11.8 Å². The average Bonchev–Trinajstić information content (AvgIpc) is 2.33. The highest BCUT2D eigenvalue weighted by Crippen LogP contribution is 2.19. The molecule has 0 saturated carbocycles. The minimum absolute atomic E-state index is 0.144. The molecule has 7 heteroatoms. The summed E-state index contributed by atoms with van der Waals surface area (Å²) < 4.78 is 40.2. The van der Waals surface area contributed by atoms with E-state index in [1.165, 1.54) is 24.3 Å². The largest absolute Gasteiger partial charge is 0.263 e. The molecule has 4 nitrogen and oxygen atoms in total. The molecular weight excluding hydrogens is 335 g/mol. The van der Waals surface area contributed by atoms with Gasteiger partial charge in [-0.15, -0.1) is 0 Å². The molecule has 0 amide bonds. The number of nitrogens with one attached hydrogen (secondary N) is 1. The van der Waals surface area contributed by atoms with Crippen molar-refractivity contribution in [3.8, 4) is 0 Å². The van der Waals surface area contributed by atoms with Crippen molar-refractivity contribution in [2.24, 2.45) is 0 Å². The van der Waals surface area contributed by atoms with E-state index in [2.05, 4.69) is 25.6 Å². The molecule has 0 aliphatic rings. The maximum absolute atomic E-state index is 13.0. The number of benzene rings is 1. The summed E-state index contributed by atoms with van der Waals surface area (Å²) in [6, 6.07) is 8.00. The third kappa shape index (κ3) is 3.30. The second-order valence-electron chi connectivity index (χ2n) is 3.83. The number of aromatic nitrogens is 1. The fraction of sp³-hybridized carbons (Fsp3) is 0.0833. The zero-order chi connectivity index (χ0) is 14.0. The van der Waals surface area contributed by atoms with E-state index in [-0.39, 0.29) is 10.7 Å². The molecule has 0 aliphatic heterocycles. The molecule has 19 heavy (non-hydrogen) atoms. The van der Waals surface area contributed by atoms with Crippen LogP contribution in [0.15, 0.2) is 45.8 Å². The SMILES string of the molecule is Cc1nc(NS(=O)(=O)c2cccc(F)c2)ccc1Br. The average molecular weight is 345 g/mol. The molecule has 0 radical (unpaired) electrons. The molecule has 1 aromatic heterocycles. The predicted octanol–water partition coefficient (Wildman–Crippen LogP) is 3.09. The molecule has 100 valence electrons. The highest BCUT2D eigenvalue weighted by molar-refractivity contribution is 9.10. The molecule has 0 bridgehead atoms. The van der Waals surface area contributed by atoms with Gasteiger partial charge in [-0.25, -0.2) is 17.8 Å². The second kappa shape index (κ2) is 5.26. The number of halogens is 2. The van der Waals surface area contributed by atoms with E-state index in [4.69, 9.17) is 0 Å². The highest BCUT2D eigenvalue weighted by atomic mass is 79.9. The van der Waals surface area contributed by atoms with Gasteiger partial charge < -0.3 is 0 Å². The van der Waals surface area contributed by atoms with Gasteiger partial charge in [0.15, 0.2) is 0 Å². The lowest BCUT2D eigenvalue weighted by molar-refractivity contribution is 0.595. The Bertz CT molecular complexity index is 719. The Morgan fingerprint density at radius 3 is 2.63 bits per heavy atom. The van der Waals surface area contributed by atoms with Crippen molar-refractivity contribution in [3.63, 3.8) is 0 Å². The fourth-order valence-electron chi connectivity index (χ4n) is 1.43. The number of sulfonamides is 1. The number of aryl methyl sites for hydroxylation is 1. The van der Waals surface area contributed by atoms with Gasteiger partial charge in [0, 0.05) is 4.47 Å². The van der Waals surface area contributed by atoms with Gasteiger partial charge in [-0.05, 0) is 53.2 Å². The molecule has 1 heterocycles. The number of anilines is 1. The van der Waals surface area contributed by atoms with Crippen LogP contribution >= 0.6 is 15.9 Å². The van der Waals surface area contributed by atoms with Crippen molar-refractivity contribution in [3.05, 3.63) is 52.4 Å². The Labute approximate surface area is 118 Å². The summed E-state index contributed by atoms with van der Waals surface area (Å²) in [5.74, 6) is -0.423. The smallest absolute Gasteiger partial charge is 0.263 e. The molecule has 2 rings (SSSR count). The number of hydrogen-bond acceptors (Lipinski definition) is 3. The van der Waals surface area contributed by atoms with Gasteiger partial charge in [-0.3, -0.25) is 4.72 Å². The Balaban J connectivity index is 2.33. The summed E-state index contributed by atoms with van der Waals surface area (Å²) in [4.78, 5) is 3.93. The number of nitrogens with zero attached hydrogens (tertiary/aromatic N) is 1. The molecule has 0 unspecified atom stereocenters. The van der Waals surface area contributed by atoms with Crippen LogP contribution in [-0.2, 0) is 10.0 Å². The van der Waals surface area contributed by atoms with Crippen molar-refractivity contribution >= 4 is 31.8 Å². The minimum Gasteiger partial charge on any atom is -0.263 e. The maximum Gasteiger partial charge on any atom is 0.263 e. The van der Waals surface area contributed by atoms with Crippen molar-refractivity contribution < 1.29 is 12.8 Å². The quantitative estimate of drug-likeness (QED) is 0.930. The van der Waals surface area contributed by atoms with E-state index in [9.17, 15) is 12.8 Å². The Hall–Kier alpha value is -1.47. The number of hydrogen-bond donors (Lipinski definition) is 1. The van der Waals surface area contributed by atoms with Gasteiger partial charge in [0.05, 0.1) is 10.6 Å². The summed E-state index contributed by atoms with van der Waals surface area (Å²) in [6.45, 7) is 1.74. The van der Waals surface area contributed by atoms with Gasteiger partial charge in [0.1, 0.15) is 11.6 Å². The Kier molecular flexibility index (Phi) is 3.86. The second-order valence-corrected chi connectivity index (χ2v) is 6.36. The topological polar surface area (TPSA) is 59.1 Å². The first-order chi connectivity index (χ1) is 8.88. The van der Waals surface area contributed by atoms with Crippen LogP contribution in [0.2, 0.25) is 0 Å². The van der Waals surface area contributed by atoms with Gasteiger partial charge in [-0.2, -0.15) is 0 Å². The fourth-order valence-corrected chi connectivity index (χ4v) is 2.68. The van der Waals surface area contributed by atoms with Crippen LogP contribution in [0.25, 0.3) is 0 Å². The molecule has 2 aromatic rings. The van der Waals surface area contributed by atoms with E-state index in [0.717, 1.165) is 10.5 Å². The van der Waals surface area contributed by atoms with Crippen LogP contribution in [0.4, 0.5) is 10.2 Å². The molecule has 1 N–H and O–H groups in total. The van der Waals surface area contributed by atoms with E-state index >= 15 is 0 Å². The van der Waals surface area contributed by atoms with Gasteiger partial charge in [0.2, 0.25) is 0 Å². The third-order valence-electron chi connectivity index (χ3n) is 2.37. The summed E-state index contributed by atoms with van der Waals surface area (Å²) in [5.41, 5.74) is 0.652. The molecular formula is C12H10BrFN2O2S. The van der Waals surface area contributed by atoms with Crippen molar-refractivity contribution in [2.75, 3.05) is 4.72 Å². The lowest BCUT2D eigenvalue weighted by atomic mass is 10.4. The van der Waals surface area contributed by atoms with Crippen LogP contribution in [0, 0.1) is 12.7 Å². The van der Waals surface area contributed by atoms with E-state index in [1.807, 2.05) is 0 Å². The number of pyridine rings is 1. The first-order valence-electron chi connectivity index (χ1n) is 5.30. The predicted molar refractivity (Wildman–Crippen MR) is 73.9 cm³/mol. The Morgan fingerprint density at radius 2 is 2.00 bits per heavy atom. The number of rotatable bonds is 3. The molecule has 0 saturated heterocycles. The van der Waals surface area contributed by atoms with Gasteiger partial charge in [0.25, 0.3) is 10.0 Å². The van der Waals surface area contributed by atoms with Crippen LogP contribution in [0.5, 0.6) is 0 Å². The van der Waals surface area contributed by atoms with E-state index in [1.54, 1.807) is 13.0 Å². The summed E-state index contributed by atoms with van der Waals surface area (Å²) in [5, 5.41) is 0. The Morgan fingerprint density at radius 1 is 1.26 bits per heavy atom. The normalized spacial score (nSPS) is 11.3. The molecule has 0 atom stereocenters. The zero-order valence-electron chi connectivity index (χ0n) is 9.89. The lowest BCUT2D eigenvalue weighted by Gasteiger charge is -2.08. The molecule has 0 spiro atoms. The van der Waals surface area contributed by atoms with Gasteiger partial charge >= 0.3 is 0 Å². The standard InChI is InChI=1S/C12H10BrFN2O2S/c1-8-11(13)5-6-12(15-8)16-19(17,18)10-4-2-3-9(14)7-10/h2-7H,1H3,(H,15,16). The zero-order valence-corrected chi connectivity index (χ0v) is 12.3. The summed E-state index contributed by atoms with van der Waals surface area (Å²) in [6.07, 6.45) is 0. The van der Waals surface area contributed by atoms with Gasteiger partial charge in [-0.1, -0.05) is 6.07 Å². The summed E-state index contributed by atoms with van der Waals surface area (Å²) >= 11 is 3.27. The molecule has 0 aliphatic carbocycles. The van der Waals surface area contributed by atoms with E-state index < -0.39 is 15.8 Å². The van der Waals surface area contributed by atoms with Crippen LogP contribution in [0.3, 0.4) is 0 Å². The highest BCUT2D eigenvalue weighted by Gasteiger charge is 2.15. The van der Waals surface area contributed by atoms with Crippen LogP contribution in [0.1, 0.15) is 5.69 Å². The minimum atomic E-state index is -3.83. The lowest BCUT2D eigenvalue weighted by Crippen LogP contribution is -2.14. The van der Waals surface area contributed by atoms with Crippen molar-refractivity contribution in [1.29, 1.82) is 0 Å².